The Morgan fingerprint density at radius 1 is 1.12 bits per heavy atom. The Bertz CT molecular complexity index is 526. The van der Waals surface area contributed by atoms with E-state index >= 15 is 0 Å². The van der Waals surface area contributed by atoms with Crippen molar-refractivity contribution < 1.29 is 9.47 Å². The zero-order valence-corrected chi connectivity index (χ0v) is 10.3. The molecule has 1 aromatic heterocycles. The van der Waals surface area contributed by atoms with Gasteiger partial charge in [-0.1, -0.05) is 0 Å². The first-order valence-electron chi connectivity index (χ1n) is 5.55. The lowest BCUT2D eigenvalue weighted by Gasteiger charge is -2.13. The third kappa shape index (κ3) is 1.98. The molecule has 90 valence electrons. The molecule has 0 aliphatic heterocycles. The lowest BCUT2D eigenvalue weighted by Crippen LogP contribution is -2.01. The largest absolute Gasteiger partial charge is 0.496 e. The summed E-state index contributed by atoms with van der Waals surface area (Å²) in [5, 5.41) is 5.18. The smallest absolute Gasteiger partial charge is 0.137 e. The van der Waals surface area contributed by atoms with E-state index in [-0.39, 0.29) is 0 Å². The van der Waals surface area contributed by atoms with Crippen LogP contribution in [0.1, 0.15) is 6.92 Å². The normalized spacial score (nSPS) is 10.3. The highest BCUT2D eigenvalue weighted by atomic mass is 16.5. The number of rotatable bonds is 4. The lowest BCUT2D eigenvalue weighted by atomic mass is 10.1. The average Bonchev–Trinajstić information content (AvgIpc) is 2.38. The molecular formula is C13H16N2O2. The predicted molar refractivity (Wildman–Crippen MR) is 69.0 cm³/mol. The third-order valence-electron chi connectivity index (χ3n) is 2.63. The van der Waals surface area contributed by atoms with Gasteiger partial charge in [-0.15, -0.1) is 0 Å². The highest BCUT2D eigenvalue weighted by Crippen LogP contribution is 2.36. The molecule has 0 amide bonds. The minimum absolute atomic E-state index is 0.796. The molecule has 0 radical (unpaired) electrons. The van der Waals surface area contributed by atoms with Crippen molar-refractivity contribution in [1.29, 1.82) is 0 Å². The number of benzene rings is 1. The quantitative estimate of drug-likeness (QED) is 0.880. The second kappa shape index (κ2) is 4.91. The summed E-state index contributed by atoms with van der Waals surface area (Å²) in [5.74, 6) is 2.44. The minimum atomic E-state index is 0.796. The van der Waals surface area contributed by atoms with Crippen molar-refractivity contribution in [2.75, 3.05) is 26.1 Å². The molecule has 0 spiro atoms. The molecule has 1 aromatic carbocycles. The monoisotopic (exact) mass is 232 g/mol. The van der Waals surface area contributed by atoms with Gasteiger partial charge in [0.2, 0.25) is 0 Å². The van der Waals surface area contributed by atoms with E-state index in [9.17, 15) is 0 Å². The molecular weight excluding hydrogens is 216 g/mol. The molecule has 2 aromatic rings. The number of fused-ring (bicyclic) bond motifs is 1. The van der Waals surface area contributed by atoms with Gasteiger partial charge in [0.25, 0.3) is 0 Å². The van der Waals surface area contributed by atoms with Crippen molar-refractivity contribution in [3.8, 4) is 11.5 Å². The van der Waals surface area contributed by atoms with Crippen molar-refractivity contribution in [1.82, 2.24) is 4.98 Å². The summed E-state index contributed by atoms with van der Waals surface area (Å²) in [7, 11) is 3.32. The van der Waals surface area contributed by atoms with Crippen LogP contribution >= 0.6 is 0 Å². The number of hydrogen-bond donors (Lipinski definition) is 1. The van der Waals surface area contributed by atoms with E-state index in [1.54, 1.807) is 20.4 Å². The molecule has 0 fully saturated rings. The second-order valence-electron chi connectivity index (χ2n) is 3.58. The van der Waals surface area contributed by atoms with E-state index in [0.717, 1.165) is 34.6 Å². The average molecular weight is 232 g/mol. The second-order valence-corrected chi connectivity index (χ2v) is 3.58. The van der Waals surface area contributed by atoms with E-state index in [4.69, 9.17) is 9.47 Å². The van der Waals surface area contributed by atoms with Gasteiger partial charge in [0.05, 0.1) is 19.6 Å². The van der Waals surface area contributed by atoms with Crippen LogP contribution in [0.2, 0.25) is 0 Å². The van der Waals surface area contributed by atoms with Crippen LogP contribution in [-0.2, 0) is 0 Å². The van der Waals surface area contributed by atoms with Crippen molar-refractivity contribution in [3.05, 3.63) is 24.4 Å². The fourth-order valence-corrected chi connectivity index (χ4v) is 1.89. The molecule has 4 nitrogen and oxygen atoms in total. The topological polar surface area (TPSA) is 43.4 Å². The molecule has 0 saturated carbocycles. The van der Waals surface area contributed by atoms with Gasteiger partial charge in [0.15, 0.2) is 0 Å². The van der Waals surface area contributed by atoms with Gasteiger partial charge >= 0.3 is 0 Å². The fourth-order valence-electron chi connectivity index (χ4n) is 1.89. The first-order chi connectivity index (χ1) is 8.31. The number of pyridine rings is 1. The summed E-state index contributed by atoms with van der Waals surface area (Å²) in [6.45, 7) is 2.85. The zero-order valence-electron chi connectivity index (χ0n) is 10.3. The van der Waals surface area contributed by atoms with E-state index < -0.39 is 0 Å². The molecule has 0 unspecified atom stereocenters. The molecule has 4 heteroatoms. The van der Waals surface area contributed by atoms with E-state index in [2.05, 4.69) is 10.3 Å². The van der Waals surface area contributed by atoms with Crippen molar-refractivity contribution >= 4 is 16.6 Å². The summed E-state index contributed by atoms with van der Waals surface area (Å²) in [6, 6.07) is 5.72. The molecule has 1 heterocycles. The number of anilines is 1. The van der Waals surface area contributed by atoms with Crippen LogP contribution in [0.4, 0.5) is 5.82 Å². The predicted octanol–water partition coefficient (Wildman–Crippen LogP) is 2.68. The number of nitrogens with one attached hydrogen (secondary N) is 1. The summed E-state index contributed by atoms with van der Waals surface area (Å²) < 4.78 is 10.7. The summed E-state index contributed by atoms with van der Waals surface area (Å²) in [6.07, 6.45) is 1.77. The van der Waals surface area contributed by atoms with Crippen LogP contribution in [0.3, 0.4) is 0 Å². The number of nitrogens with zero attached hydrogens (tertiary/aromatic N) is 1. The van der Waals surface area contributed by atoms with Crippen molar-refractivity contribution in [2.24, 2.45) is 0 Å². The Hall–Kier alpha value is -1.97. The molecule has 17 heavy (non-hydrogen) atoms. The van der Waals surface area contributed by atoms with Crippen molar-refractivity contribution in [3.63, 3.8) is 0 Å². The molecule has 1 N–H and O–H groups in total. The zero-order chi connectivity index (χ0) is 12.3. The number of ether oxygens (including phenoxy) is 2. The van der Waals surface area contributed by atoms with Gasteiger partial charge in [-0.2, -0.15) is 0 Å². The van der Waals surface area contributed by atoms with Crippen LogP contribution < -0.4 is 14.8 Å². The standard InChI is InChI=1S/C13H16N2O2/c1-4-14-13-12-9(7-8-15-13)10(16-2)5-6-11(12)17-3/h5-8H,4H2,1-3H3,(H,14,15). The molecule has 0 aliphatic carbocycles. The Balaban J connectivity index is 2.75. The molecule has 0 bridgehead atoms. The fraction of sp³-hybridized carbons (Fsp3) is 0.308. The number of methoxy groups -OCH3 is 2. The molecule has 0 saturated heterocycles. The van der Waals surface area contributed by atoms with Gasteiger partial charge < -0.3 is 14.8 Å². The third-order valence-corrected chi connectivity index (χ3v) is 2.63. The maximum atomic E-state index is 5.38. The lowest BCUT2D eigenvalue weighted by molar-refractivity contribution is 0.410. The first-order valence-corrected chi connectivity index (χ1v) is 5.55. The Morgan fingerprint density at radius 3 is 2.47 bits per heavy atom. The van der Waals surface area contributed by atoms with Crippen LogP contribution in [0.5, 0.6) is 11.5 Å². The van der Waals surface area contributed by atoms with Gasteiger partial charge in [0, 0.05) is 18.1 Å². The highest BCUT2D eigenvalue weighted by molar-refractivity contribution is 6.00. The van der Waals surface area contributed by atoms with Gasteiger partial charge in [-0.05, 0) is 25.1 Å². The van der Waals surface area contributed by atoms with E-state index in [1.807, 2.05) is 25.1 Å². The molecule has 0 aliphatic rings. The summed E-state index contributed by atoms with van der Waals surface area (Å²) in [4.78, 5) is 4.33. The number of aromatic nitrogens is 1. The van der Waals surface area contributed by atoms with E-state index in [0.29, 0.717) is 0 Å². The van der Waals surface area contributed by atoms with Gasteiger partial charge in [-0.3, -0.25) is 0 Å². The Morgan fingerprint density at radius 2 is 1.82 bits per heavy atom. The summed E-state index contributed by atoms with van der Waals surface area (Å²) in [5.41, 5.74) is 0. The number of hydrogen-bond acceptors (Lipinski definition) is 4. The maximum Gasteiger partial charge on any atom is 0.137 e. The van der Waals surface area contributed by atoms with Gasteiger partial charge in [0.1, 0.15) is 17.3 Å². The SMILES string of the molecule is CCNc1nccc2c(OC)ccc(OC)c12. The first kappa shape index (κ1) is 11.5. The van der Waals surface area contributed by atoms with Crippen LogP contribution in [0.15, 0.2) is 24.4 Å². The highest BCUT2D eigenvalue weighted by Gasteiger charge is 2.11. The van der Waals surface area contributed by atoms with Crippen molar-refractivity contribution in [2.45, 2.75) is 6.92 Å². The van der Waals surface area contributed by atoms with E-state index in [1.165, 1.54) is 0 Å². The van der Waals surface area contributed by atoms with Crippen LogP contribution in [0.25, 0.3) is 10.8 Å². The Labute approximate surface area is 101 Å². The molecule has 2 rings (SSSR count). The maximum absolute atomic E-state index is 5.38. The van der Waals surface area contributed by atoms with Crippen LogP contribution in [0, 0.1) is 0 Å². The molecule has 0 atom stereocenters. The summed E-state index contributed by atoms with van der Waals surface area (Å²) >= 11 is 0. The minimum Gasteiger partial charge on any atom is -0.496 e. The van der Waals surface area contributed by atoms with Gasteiger partial charge in [-0.25, -0.2) is 4.98 Å². The van der Waals surface area contributed by atoms with Crippen LogP contribution in [-0.4, -0.2) is 25.7 Å². The Kier molecular flexibility index (Phi) is 3.32.